The molecule has 1 unspecified atom stereocenters. The van der Waals surface area contributed by atoms with Crippen LogP contribution in [0.4, 0.5) is 0 Å². The second kappa shape index (κ2) is 12.9. The van der Waals surface area contributed by atoms with Gasteiger partial charge in [-0.15, -0.1) is 0 Å². The van der Waals surface area contributed by atoms with Crippen LogP contribution in [0.25, 0.3) is 0 Å². The molecule has 2 aromatic rings. The number of likely N-dealkylation sites (tertiary alicyclic amines) is 1. The fraction of sp³-hybridized carbons (Fsp3) is 0.571. The minimum atomic E-state index is -0.783. The molecule has 4 atom stereocenters. The highest BCUT2D eigenvalue weighted by molar-refractivity contribution is 5.92. The highest BCUT2D eigenvalue weighted by Crippen LogP contribution is 2.38. The molecular weight excluding hydrogens is 484 g/mol. The first-order valence-corrected chi connectivity index (χ1v) is 13.6. The summed E-state index contributed by atoms with van der Waals surface area (Å²) in [6.45, 7) is 0.533. The molecule has 1 aliphatic heterocycles. The fourth-order valence-electron chi connectivity index (χ4n) is 6.00. The van der Waals surface area contributed by atoms with Crippen molar-refractivity contribution in [3.05, 3.63) is 48.0 Å². The van der Waals surface area contributed by atoms with E-state index in [4.69, 9.17) is 10.5 Å². The number of aromatic nitrogens is 2. The number of likely N-dealkylation sites (N-methyl/N-ethyl adjacent to an activating group) is 1. The van der Waals surface area contributed by atoms with Gasteiger partial charge in [-0.3, -0.25) is 14.4 Å². The summed E-state index contributed by atoms with van der Waals surface area (Å²) >= 11 is 0. The number of hydrogen-bond acceptors (Lipinski definition) is 6. The average Bonchev–Trinajstić information content (AvgIpc) is 3.63. The number of imidazole rings is 1. The van der Waals surface area contributed by atoms with Crippen LogP contribution < -0.4 is 21.1 Å². The minimum absolute atomic E-state index is 0.0640. The molecule has 5 N–H and O–H groups in total. The molecule has 3 amide bonds. The molecule has 2 heterocycles. The lowest BCUT2D eigenvalue weighted by Crippen LogP contribution is -2.53. The van der Waals surface area contributed by atoms with Crippen molar-refractivity contribution in [3.63, 3.8) is 0 Å². The van der Waals surface area contributed by atoms with Gasteiger partial charge in [-0.25, -0.2) is 4.98 Å². The van der Waals surface area contributed by atoms with Crippen molar-refractivity contribution in [1.82, 2.24) is 25.5 Å². The van der Waals surface area contributed by atoms with Crippen LogP contribution >= 0.6 is 0 Å². The maximum absolute atomic E-state index is 13.6. The number of carbonyl (C=O) groups excluding carboxylic acids is 3. The summed E-state index contributed by atoms with van der Waals surface area (Å²) < 4.78 is 5.44. The molecule has 206 valence electrons. The lowest BCUT2D eigenvalue weighted by Gasteiger charge is -2.28. The summed E-state index contributed by atoms with van der Waals surface area (Å²) in [5, 5.41) is 5.54. The topological polar surface area (TPSA) is 142 Å². The van der Waals surface area contributed by atoms with Crippen molar-refractivity contribution < 1.29 is 19.1 Å². The van der Waals surface area contributed by atoms with Gasteiger partial charge in [0.2, 0.25) is 17.7 Å². The Morgan fingerprint density at radius 2 is 1.95 bits per heavy atom. The molecule has 10 nitrogen and oxygen atoms in total. The van der Waals surface area contributed by atoms with Gasteiger partial charge in [0.25, 0.3) is 0 Å². The van der Waals surface area contributed by atoms with E-state index in [1.165, 1.54) is 32.6 Å². The van der Waals surface area contributed by atoms with Crippen LogP contribution in [0.15, 0.2) is 36.8 Å². The number of nitrogens with zero attached hydrogens (tertiary/aromatic N) is 2. The van der Waals surface area contributed by atoms with Crippen LogP contribution in [0.3, 0.4) is 0 Å². The van der Waals surface area contributed by atoms with Gasteiger partial charge in [-0.2, -0.15) is 0 Å². The van der Waals surface area contributed by atoms with Crippen molar-refractivity contribution in [2.24, 2.45) is 17.6 Å². The van der Waals surface area contributed by atoms with Crippen molar-refractivity contribution >= 4 is 17.7 Å². The van der Waals surface area contributed by atoms with Crippen LogP contribution in [0.1, 0.15) is 62.2 Å². The number of nitrogens with one attached hydrogen (secondary N) is 3. The number of nitrogens with two attached hydrogens (primary N) is 1. The van der Waals surface area contributed by atoms with Gasteiger partial charge in [-0.1, -0.05) is 50.3 Å². The predicted molar refractivity (Wildman–Crippen MR) is 143 cm³/mol. The first kappa shape index (κ1) is 27.6. The Hall–Kier alpha value is -3.40. The molecule has 2 fully saturated rings. The molecule has 1 aromatic heterocycles. The maximum Gasteiger partial charge on any atom is 0.243 e. The van der Waals surface area contributed by atoms with E-state index >= 15 is 0 Å². The van der Waals surface area contributed by atoms with E-state index in [-0.39, 0.29) is 36.5 Å². The molecule has 38 heavy (non-hydrogen) atoms. The Kier molecular flexibility index (Phi) is 9.38. The normalized spacial score (nSPS) is 21.5. The third-order valence-electron chi connectivity index (χ3n) is 8.06. The Labute approximate surface area is 224 Å². The second-order valence-electron chi connectivity index (χ2n) is 10.5. The van der Waals surface area contributed by atoms with E-state index in [0.29, 0.717) is 24.6 Å². The van der Waals surface area contributed by atoms with Crippen LogP contribution in [-0.2, 0) is 20.8 Å². The molecule has 1 aliphatic carbocycles. The molecular formula is C28H40N6O4. The summed E-state index contributed by atoms with van der Waals surface area (Å²) in [6.07, 6.45) is 9.97. The molecule has 0 bridgehead atoms. The number of H-pyrrole nitrogens is 1. The number of para-hydroxylation sites is 1. The Bertz CT molecular complexity index is 1080. The number of aromatic amines is 1. The first-order chi connectivity index (χ1) is 18.4. The number of benzene rings is 1. The number of hydrogen-bond donors (Lipinski definition) is 4. The van der Waals surface area contributed by atoms with E-state index < -0.39 is 18.1 Å². The lowest BCUT2D eigenvalue weighted by atomic mass is 9.79. The summed E-state index contributed by atoms with van der Waals surface area (Å²) in [5.74, 6) is 0.618. The Balaban J connectivity index is 1.51. The Morgan fingerprint density at radius 3 is 2.63 bits per heavy atom. The van der Waals surface area contributed by atoms with Gasteiger partial charge in [0.05, 0.1) is 13.4 Å². The minimum Gasteiger partial charge on any atom is -0.496 e. The van der Waals surface area contributed by atoms with E-state index in [2.05, 4.69) is 20.6 Å². The van der Waals surface area contributed by atoms with Crippen molar-refractivity contribution in [2.45, 2.75) is 69.5 Å². The van der Waals surface area contributed by atoms with Gasteiger partial charge in [0, 0.05) is 49.9 Å². The average molecular weight is 525 g/mol. The number of ether oxygens (including phenoxy) is 1. The first-order valence-electron chi connectivity index (χ1n) is 13.6. The molecule has 0 spiro atoms. The zero-order valence-corrected chi connectivity index (χ0v) is 22.3. The van der Waals surface area contributed by atoms with E-state index in [9.17, 15) is 14.4 Å². The third-order valence-corrected chi connectivity index (χ3v) is 8.06. The molecule has 10 heteroatoms. The van der Waals surface area contributed by atoms with Crippen molar-refractivity contribution in [1.29, 1.82) is 0 Å². The smallest absolute Gasteiger partial charge is 0.243 e. The van der Waals surface area contributed by atoms with E-state index in [1.54, 1.807) is 18.2 Å². The zero-order valence-electron chi connectivity index (χ0n) is 22.3. The standard InChI is InChI=1S/C28H40N6O4/c1-30-27(36)23(13-20-15-31-17-32-20)33-28(37)24-12-19(18-8-4-3-5-9-18)16-34(24)26(35)14-22(29)21-10-6-7-11-25(21)38-2/h6-7,10-11,15,17-19,22-24H,3-5,8-9,12-14,16,29H2,1-2H3,(H,30,36)(H,31,32)(H,33,37)/t19-,22+,23+,24?/m1/s1. The Morgan fingerprint density at radius 1 is 1.18 bits per heavy atom. The molecule has 2 aliphatic rings. The van der Waals surface area contributed by atoms with Gasteiger partial charge >= 0.3 is 0 Å². The summed E-state index contributed by atoms with van der Waals surface area (Å²) in [7, 11) is 3.12. The monoisotopic (exact) mass is 524 g/mol. The fourth-order valence-corrected chi connectivity index (χ4v) is 6.00. The van der Waals surface area contributed by atoms with Crippen LogP contribution in [0.5, 0.6) is 5.75 Å². The van der Waals surface area contributed by atoms with Crippen LogP contribution in [0.2, 0.25) is 0 Å². The summed E-state index contributed by atoms with van der Waals surface area (Å²) in [5.41, 5.74) is 7.96. The lowest BCUT2D eigenvalue weighted by molar-refractivity contribution is -0.139. The molecule has 1 aromatic carbocycles. The quantitative estimate of drug-likeness (QED) is 0.375. The second-order valence-corrected chi connectivity index (χ2v) is 10.5. The highest BCUT2D eigenvalue weighted by Gasteiger charge is 2.43. The number of carbonyl (C=O) groups is 3. The zero-order chi connectivity index (χ0) is 27.1. The van der Waals surface area contributed by atoms with Gasteiger partial charge in [-0.05, 0) is 24.3 Å². The van der Waals surface area contributed by atoms with Crippen LogP contribution in [0, 0.1) is 11.8 Å². The third kappa shape index (κ3) is 6.53. The SMILES string of the molecule is CNC(=O)[C@H](Cc1cnc[nH]1)NC(=O)C1C[C@@H](C2CCCCC2)CN1C(=O)C[C@H](N)c1ccccc1OC. The molecule has 0 radical (unpaired) electrons. The van der Waals surface area contributed by atoms with Gasteiger partial charge in [0.1, 0.15) is 17.8 Å². The van der Waals surface area contributed by atoms with Crippen molar-refractivity contribution in [2.75, 3.05) is 20.7 Å². The van der Waals surface area contributed by atoms with Crippen LogP contribution in [-0.4, -0.2) is 65.4 Å². The van der Waals surface area contributed by atoms with E-state index in [0.717, 1.165) is 24.1 Å². The molecule has 1 saturated carbocycles. The maximum atomic E-state index is 13.6. The molecule has 1 saturated heterocycles. The summed E-state index contributed by atoms with van der Waals surface area (Å²) in [6, 6.07) is 5.42. The molecule has 4 rings (SSSR count). The summed E-state index contributed by atoms with van der Waals surface area (Å²) in [4.78, 5) is 48.6. The van der Waals surface area contributed by atoms with E-state index in [1.807, 2.05) is 24.3 Å². The number of rotatable bonds is 10. The largest absolute Gasteiger partial charge is 0.496 e. The van der Waals surface area contributed by atoms with Gasteiger partial charge < -0.3 is 31.0 Å². The highest BCUT2D eigenvalue weighted by atomic mass is 16.5. The number of methoxy groups -OCH3 is 1. The predicted octanol–water partition coefficient (Wildman–Crippen LogP) is 2.08. The van der Waals surface area contributed by atoms with Gasteiger partial charge in [0.15, 0.2) is 0 Å². The number of amides is 3. The van der Waals surface area contributed by atoms with Crippen molar-refractivity contribution in [3.8, 4) is 5.75 Å².